The Hall–Kier alpha value is -2.38. The van der Waals surface area contributed by atoms with Gasteiger partial charge in [0.05, 0.1) is 15.7 Å². The van der Waals surface area contributed by atoms with Crippen molar-refractivity contribution in [3.05, 3.63) is 70.5 Å². The molecule has 2 nitrogen and oxygen atoms in total. The maximum Gasteiger partial charge on any atom is 0.162 e. The molecule has 102 valence electrons. The lowest BCUT2D eigenvalue weighted by Crippen LogP contribution is -1.96. The molecule has 0 aliphatic carbocycles. The van der Waals surface area contributed by atoms with Crippen molar-refractivity contribution in [2.75, 3.05) is 5.32 Å². The number of benzene rings is 3. The Kier molecular flexibility index (Phi) is 3.59. The number of fused-ring (bicyclic) bond motifs is 1. The van der Waals surface area contributed by atoms with Crippen LogP contribution in [-0.2, 0) is 0 Å². The maximum absolute atomic E-state index is 14.3. The molecule has 1 N–H and O–H groups in total. The first-order valence-electron chi connectivity index (χ1n) is 6.33. The highest BCUT2D eigenvalue weighted by atomic mass is 79.9. The average molecular weight is 341 g/mol. The predicted octanol–water partition coefficient (Wildman–Crippen LogP) is 5.36. The van der Waals surface area contributed by atoms with E-state index in [4.69, 9.17) is 5.26 Å². The van der Waals surface area contributed by atoms with Crippen molar-refractivity contribution in [2.45, 2.75) is 0 Å². The Labute approximate surface area is 130 Å². The first kappa shape index (κ1) is 13.6. The topological polar surface area (TPSA) is 35.8 Å². The second-order valence-electron chi connectivity index (χ2n) is 4.55. The lowest BCUT2D eigenvalue weighted by molar-refractivity contribution is 0.624. The van der Waals surface area contributed by atoms with Gasteiger partial charge in [-0.3, -0.25) is 0 Å². The number of nitriles is 1. The van der Waals surface area contributed by atoms with Gasteiger partial charge in [0.2, 0.25) is 0 Å². The predicted molar refractivity (Wildman–Crippen MR) is 86.0 cm³/mol. The van der Waals surface area contributed by atoms with Crippen LogP contribution < -0.4 is 5.32 Å². The van der Waals surface area contributed by atoms with Crippen molar-refractivity contribution in [3.8, 4) is 6.07 Å². The fourth-order valence-electron chi connectivity index (χ4n) is 2.21. The minimum Gasteiger partial charge on any atom is -0.353 e. The minimum absolute atomic E-state index is 0.176. The van der Waals surface area contributed by atoms with Crippen LogP contribution in [0, 0.1) is 17.1 Å². The standard InChI is InChI=1S/C17H10BrFN2/c18-16-12(10-20)8-9-15(17(16)19)21-14-7-3-5-11-4-1-2-6-13(11)14/h1-9,21H. The summed E-state index contributed by atoms with van der Waals surface area (Å²) < 4.78 is 14.5. The second kappa shape index (κ2) is 5.55. The molecule has 0 bridgehead atoms. The van der Waals surface area contributed by atoms with Crippen LogP contribution in [0.4, 0.5) is 15.8 Å². The number of halogens is 2. The zero-order chi connectivity index (χ0) is 14.8. The highest BCUT2D eigenvalue weighted by molar-refractivity contribution is 9.10. The molecule has 0 saturated carbocycles. The molecule has 0 heterocycles. The highest BCUT2D eigenvalue weighted by Crippen LogP contribution is 2.31. The molecule has 0 atom stereocenters. The van der Waals surface area contributed by atoms with E-state index in [0.717, 1.165) is 16.5 Å². The first-order valence-corrected chi connectivity index (χ1v) is 7.13. The van der Waals surface area contributed by atoms with Crippen LogP contribution in [0.2, 0.25) is 0 Å². The van der Waals surface area contributed by atoms with E-state index in [2.05, 4.69) is 21.2 Å². The number of rotatable bonds is 2. The van der Waals surface area contributed by atoms with Gasteiger partial charge in [-0.2, -0.15) is 5.26 Å². The molecule has 0 aromatic heterocycles. The summed E-state index contributed by atoms with van der Waals surface area (Å²) in [6.45, 7) is 0. The van der Waals surface area contributed by atoms with Crippen LogP contribution in [0.5, 0.6) is 0 Å². The van der Waals surface area contributed by atoms with Gasteiger partial charge in [0.15, 0.2) is 5.82 Å². The molecular formula is C17H10BrFN2. The van der Waals surface area contributed by atoms with Gasteiger partial charge in [-0.15, -0.1) is 0 Å². The Bertz CT molecular complexity index is 863. The fourth-order valence-corrected chi connectivity index (χ4v) is 2.65. The Morgan fingerprint density at radius 3 is 2.52 bits per heavy atom. The normalized spacial score (nSPS) is 10.3. The Morgan fingerprint density at radius 1 is 0.952 bits per heavy atom. The van der Waals surface area contributed by atoms with Crippen LogP contribution in [0.15, 0.2) is 59.1 Å². The van der Waals surface area contributed by atoms with Gasteiger partial charge in [-0.25, -0.2) is 4.39 Å². The molecule has 3 rings (SSSR count). The van der Waals surface area contributed by atoms with Gasteiger partial charge in [-0.1, -0.05) is 36.4 Å². The summed E-state index contributed by atoms with van der Waals surface area (Å²) in [5.74, 6) is -0.470. The van der Waals surface area contributed by atoms with E-state index in [1.807, 2.05) is 48.5 Å². The first-order chi connectivity index (χ1) is 10.2. The third-order valence-corrected chi connectivity index (χ3v) is 4.04. The summed E-state index contributed by atoms with van der Waals surface area (Å²) in [7, 11) is 0. The van der Waals surface area contributed by atoms with E-state index in [1.54, 1.807) is 12.1 Å². The molecule has 0 radical (unpaired) electrons. The molecule has 0 aliphatic heterocycles. The summed E-state index contributed by atoms with van der Waals surface area (Å²) >= 11 is 3.12. The van der Waals surface area contributed by atoms with Crippen LogP contribution in [0.1, 0.15) is 5.56 Å². The summed E-state index contributed by atoms with van der Waals surface area (Å²) in [4.78, 5) is 0. The lowest BCUT2D eigenvalue weighted by Gasteiger charge is -2.12. The quantitative estimate of drug-likeness (QED) is 0.681. The summed E-state index contributed by atoms with van der Waals surface area (Å²) in [5.41, 5.74) is 1.43. The largest absolute Gasteiger partial charge is 0.353 e. The summed E-state index contributed by atoms with van der Waals surface area (Å²) in [6, 6.07) is 18.8. The van der Waals surface area contributed by atoms with Crippen molar-refractivity contribution in [2.24, 2.45) is 0 Å². The summed E-state index contributed by atoms with van der Waals surface area (Å²) in [6.07, 6.45) is 0. The molecule has 21 heavy (non-hydrogen) atoms. The van der Waals surface area contributed by atoms with E-state index in [0.29, 0.717) is 5.69 Å². The van der Waals surface area contributed by atoms with E-state index in [1.165, 1.54) is 0 Å². The highest BCUT2D eigenvalue weighted by Gasteiger charge is 2.12. The van der Waals surface area contributed by atoms with Crippen molar-refractivity contribution in [1.82, 2.24) is 0 Å². The van der Waals surface area contributed by atoms with Gasteiger partial charge < -0.3 is 5.32 Å². The lowest BCUT2D eigenvalue weighted by atomic mass is 10.1. The molecular weight excluding hydrogens is 331 g/mol. The van der Waals surface area contributed by atoms with Gasteiger partial charge >= 0.3 is 0 Å². The SMILES string of the molecule is N#Cc1ccc(Nc2cccc3ccccc23)c(F)c1Br. The molecule has 0 unspecified atom stereocenters. The third kappa shape index (κ3) is 2.48. The number of hydrogen-bond acceptors (Lipinski definition) is 2. The molecule has 3 aromatic rings. The molecule has 0 amide bonds. The smallest absolute Gasteiger partial charge is 0.162 e. The molecule has 0 aliphatic rings. The van der Waals surface area contributed by atoms with Crippen LogP contribution in [-0.4, -0.2) is 0 Å². The number of hydrogen-bond donors (Lipinski definition) is 1. The molecule has 0 fully saturated rings. The zero-order valence-electron chi connectivity index (χ0n) is 10.9. The van der Waals surface area contributed by atoms with Gasteiger partial charge in [-0.05, 0) is 39.5 Å². The summed E-state index contributed by atoms with van der Waals surface area (Å²) in [5, 5.41) is 14.1. The molecule has 0 spiro atoms. The number of nitrogens with zero attached hydrogens (tertiary/aromatic N) is 1. The third-order valence-electron chi connectivity index (χ3n) is 3.26. The van der Waals surface area contributed by atoms with Crippen molar-refractivity contribution in [3.63, 3.8) is 0 Å². The monoisotopic (exact) mass is 340 g/mol. The van der Waals surface area contributed by atoms with Crippen LogP contribution in [0.25, 0.3) is 10.8 Å². The minimum atomic E-state index is -0.470. The van der Waals surface area contributed by atoms with Gasteiger partial charge in [0, 0.05) is 11.1 Å². The number of nitrogens with one attached hydrogen (secondary N) is 1. The van der Waals surface area contributed by atoms with E-state index in [-0.39, 0.29) is 10.0 Å². The van der Waals surface area contributed by atoms with E-state index < -0.39 is 5.82 Å². The maximum atomic E-state index is 14.3. The van der Waals surface area contributed by atoms with Crippen molar-refractivity contribution >= 4 is 38.1 Å². The number of anilines is 2. The van der Waals surface area contributed by atoms with Crippen molar-refractivity contribution < 1.29 is 4.39 Å². The van der Waals surface area contributed by atoms with Crippen LogP contribution in [0.3, 0.4) is 0 Å². The Balaban J connectivity index is 2.08. The molecule has 3 aromatic carbocycles. The van der Waals surface area contributed by atoms with Crippen molar-refractivity contribution in [1.29, 1.82) is 5.26 Å². The van der Waals surface area contributed by atoms with Gasteiger partial charge in [0.1, 0.15) is 6.07 Å². The van der Waals surface area contributed by atoms with Crippen LogP contribution >= 0.6 is 15.9 Å². The van der Waals surface area contributed by atoms with Gasteiger partial charge in [0.25, 0.3) is 0 Å². The van der Waals surface area contributed by atoms with E-state index >= 15 is 0 Å². The Morgan fingerprint density at radius 2 is 1.71 bits per heavy atom. The average Bonchev–Trinajstić information content (AvgIpc) is 2.52. The second-order valence-corrected chi connectivity index (χ2v) is 5.35. The molecule has 4 heteroatoms. The molecule has 0 saturated heterocycles. The van der Waals surface area contributed by atoms with E-state index in [9.17, 15) is 4.39 Å². The zero-order valence-corrected chi connectivity index (χ0v) is 12.5. The fraction of sp³-hybridized carbons (Fsp3) is 0.